The molecule has 1 aromatic heterocycles. The number of aliphatic hydroxyl groups is 1. The van der Waals surface area contributed by atoms with Gasteiger partial charge in [-0.3, -0.25) is 4.79 Å². The summed E-state index contributed by atoms with van der Waals surface area (Å²) in [6, 6.07) is 1.50. The van der Waals surface area contributed by atoms with E-state index in [1.54, 1.807) is 7.05 Å². The largest absolute Gasteiger partial charge is 0.391 e. The summed E-state index contributed by atoms with van der Waals surface area (Å²) in [5.41, 5.74) is 0.127. The van der Waals surface area contributed by atoms with E-state index in [1.807, 2.05) is 0 Å². The van der Waals surface area contributed by atoms with Gasteiger partial charge in [-0.05, 0) is 6.07 Å². The molecule has 0 aliphatic carbocycles. The second-order valence-electron chi connectivity index (χ2n) is 1.94. The smallest absolute Gasteiger partial charge is 0.272 e. The van der Waals surface area contributed by atoms with Crippen LogP contribution in [0.2, 0.25) is 0 Å². The summed E-state index contributed by atoms with van der Waals surface area (Å²) in [5.74, 6) is 0. The van der Waals surface area contributed by atoms with Gasteiger partial charge in [0.1, 0.15) is 0 Å². The zero-order valence-corrected chi connectivity index (χ0v) is 5.61. The fourth-order valence-corrected chi connectivity index (χ4v) is 0.675. The highest BCUT2D eigenvalue weighted by Crippen LogP contribution is 1.85. The number of aliphatic hydroxyl groups excluding tert-OH is 1. The Kier molecular flexibility index (Phi) is 1.82. The first kappa shape index (κ1) is 6.95. The van der Waals surface area contributed by atoms with Gasteiger partial charge < -0.3 is 5.11 Å². The van der Waals surface area contributed by atoms with Crippen LogP contribution in [0, 0.1) is 0 Å². The van der Waals surface area contributed by atoms with Gasteiger partial charge in [-0.15, -0.1) is 0 Å². The highest BCUT2D eigenvalue weighted by Gasteiger charge is 1.96. The molecular weight excluding hydrogens is 132 g/mol. The molecule has 0 saturated heterocycles. The summed E-state index contributed by atoms with van der Waals surface area (Å²) < 4.78 is 1.19. The van der Waals surface area contributed by atoms with Crippen LogP contribution in [0.1, 0.15) is 5.56 Å². The lowest BCUT2D eigenvalue weighted by atomic mass is 10.3. The van der Waals surface area contributed by atoms with Crippen LogP contribution in [0.3, 0.4) is 0 Å². The Hall–Kier alpha value is -1.16. The molecule has 0 aliphatic heterocycles. The molecule has 0 aromatic carbocycles. The molecule has 54 valence electrons. The Balaban J connectivity index is 3.28. The maximum atomic E-state index is 10.9. The van der Waals surface area contributed by atoms with Gasteiger partial charge in [0.2, 0.25) is 0 Å². The average molecular weight is 140 g/mol. The van der Waals surface area contributed by atoms with E-state index in [1.165, 1.54) is 16.9 Å². The van der Waals surface area contributed by atoms with Crippen LogP contribution in [0.25, 0.3) is 0 Å². The molecule has 0 spiro atoms. The molecule has 1 aromatic rings. The predicted molar refractivity (Wildman–Crippen MR) is 35.4 cm³/mol. The Morgan fingerprint density at radius 1 is 1.80 bits per heavy atom. The van der Waals surface area contributed by atoms with Gasteiger partial charge in [-0.25, -0.2) is 4.68 Å². The lowest BCUT2D eigenvalue weighted by Crippen LogP contribution is -2.22. The van der Waals surface area contributed by atoms with Crippen molar-refractivity contribution in [2.75, 3.05) is 0 Å². The Labute approximate surface area is 57.7 Å². The first-order valence-corrected chi connectivity index (χ1v) is 2.87. The number of hydrogen-bond donors (Lipinski definition) is 1. The summed E-state index contributed by atoms with van der Waals surface area (Å²) in [5, 5.41) is 12.3. The van der Waals surface area contributed by atoms with Gasteiger partial charge in [0.05, 0.1) is 6.61 Å². The number of nitrogens with zero attached hydrogens (tertiary/aromatic N) is 2. The Morgan fingerprint density at radius 3 is 3.00 bits per heavy atom. The van der Waals surface area contributed by atoms with Gasteiger partial charge in [0.15, 0.2) is 0 Å². The average Bonchev–Trinajstić information content (AvgIpc) is 1.95. The monoisotopic (exact) mass is 140 g/mol. The van der Waals surface area contributed by atoms with Crippen LogP contribution in [-0.4, -0.2) is 14.9 Å². The van der Waals surface area contributed by atoms with E-state index in [4.69, 9.17) is 5.11 Å². The quantitative estimate of drug-likeness (QED) is 0.559. The molecule has 0 bridgehead atoms. The molecule has 0 radical (unpaired) electrons. The number of hydrogen-bond acceptors (Lipinski definition) is 3. The molecule has 0 fully saturated rings. The number of aromatic nitrogens is 2. The number of aryl methyl sites for hydroxylation is 1. The predicted octanol–water partition coefficient (Wildman–Crippen LogP) is -0.727. The van der Waals surface area contributed by atoms with E-state index in [0.717, 1.165) is 0 Å². The van der Waals surface area contributed by atoms with Crippen molar-refractivity contribution in [3.8, 4) is 0 Å². The van der Waals surface area contributed by atoms with Crippen LogP contribution in [0.4, 0.5) is 0 Å². The summed E-state index contributed by atoms with van der Waals surface area (Å²) in [6.45, 7) is -0.227. The zero-order chi connectivity index (χ0) is 7.56. The highest BCUT2D eigenvalue weighted by atomic mass is 16.3. The van der Waals surface area contributed by atoms with Crippen molar-refractivity contribution in [2.24, 2.45) is 7.05 Å². The minimum absolute atomic E-state index is 0.227. The van der Waals surface area contributed by atoms with E-state index < -0.39 is 0 Å². The molecule has 0 amide bonds. The van der Waals surface area contributed by atoms with Crippen LogP contribution in [0.15, 0.2) is 17.1 Å². The van der Waals surface area contributed by atoms with E-state index in [2.05, 4.69) is 5.10 Å². The molecule has 4 heteroatoms. The molecule has 4 nitrogen and oxygen atoms in total. The molecule has 0 unspecified atom stereocenters. The Morgan fingerprint density at radius 2 is 2.50 bits per heavy atom. The summed E-state index contributed by atoms with van der Waals surface area (Å²) in [4.78, 5) is 10.9. The Bertz CT molecular complexity index is 279. The van der Waals surface area contributed by atoms with Gasteiger partial charge in [-0.2, -0.15) is 5.10 Å². The topological polar surface area (TPSA) is 55.1 Å². The normalized spacial score (nSPS) is 9.80. The van der Waals surface area contributed by atoms with Crippen molar-refractivity contribution in [2.45, 2.75) is 6.61 Å². The minimum atomic E-state index is -0.245. The molecular formula is C6H8N2O2. The highest BCUT2D eigenvalue weighted by molar-refractivity contribution is 5.04. The lowest BCUT2D eigenvalue weighted by Gasteiger charge is -1.96. The van der Waals surface area contributed by atoms with Gasteiger partial charge in [0, 0.05) is 18.8 Å². The zero-order valence-electron chi connectivity index (χ0n) is 5.61. The van der Waals surface area contributed by atoms with E-state index in [9.17, 15) is 4.79 Å². The lowest BCUT2D eigenvalue weighted by molar-refractivity contribution is 0.278. The molecule has 1 N–H and O–H groups in total. The number of rotatable bonds is 1. The van der Waals surface area contributed by atoms with Gasteiger partial charge in [0.25, 0.3) is 5.56 Å². The van der Waals surface area contributed by atoms with Crippen LogP contribution in [-0.2, 0) is 13.7 Å². The van der Waals surface area contributed by atoms with Gasteiger partial charge in [-0.1, -0.05) is 0 Å². The van der Waals surface area contributed by atoms with Crippen molar-refractivity contribution in [1.29, 1.82) is 0 Å². The third kappa shape index (κ3) is 1.06. The maximum Gasteiger partial charge on any atom is 0.272 e. The molecule has 0 aliphatic rings. The molecule has 1 rings (SSSR count). The van der Waals surface area contributed by atoms with Gasteiger partial charge >= 0.3 is 0 Å². The van der Waals surface area contributed by atoms with Crippen molar-refractivity contribution < 1.29 is 5.11 Å². The second-order valence-corrected chi connectivity index (χ2v) is 1.94. The first-order chi connectivity index (χ1) is 4.75. The maximum absolute atomic E-state index is 10.9. The third-order valence-corrected chi connectivity index (χ3v) is 1.25. The van der Waals surface area contributed by atoms with Crippen molar-refractivity contribution in [3.63, 3.8) is 0 Å². The standard InChI is InChI=1S/C6H8N2O2/c1-8-6(10)5(4-9)2-3-7-8/h2-3,9H,4H2,1H3. The molecule has 0 atom stereocenters. The second kappa shape index (κ2) is 2.62. The van der Waals surface area contributed by atoms with E-state index >= 15 is 0 Å². The fourth-order valence-electron chi connectivity index (χ4n) is 0.675. The summed E-state index contributed by atoms with van der Waals surface area (Å²) >= 11 is 0. The fraction of sp³-hybridized carbons (Fsp3) is 0.333. The van der Waals surface area contributed by atoms with Crippen molar-refractivity contribution >= 4 is 0 Å². The summed E-state index contributed by atoms with van der Waals surface area (Å²) in [7, 11) is 1.54. The van der Waals surface area contributed by atoms with E-state index in [-0.39, 0.29) is 12.2 Å². The third-order valence-electron chi connectivity index (χ3n) is 1.25. The van der Waals surface area contributed by atoms with Crippen LogP contribution < -0.4 is 5.56 Å². The summed E-state index contributed by atoms with van der Waals surface area (Å²) in [6.07, 6.45) is 1.48. The van der Waals surface area contributed by atoms with Crippen molar-refractivity contribution in [3.05, 3.63) is 28.2 Å². The molecule has 10 heavy (non-hydrogen) atoms. The first-order valence-electron chi connectivity index (χ1n) is 2.87. The van der Waals surface area contributed by atoms with E-state index in [0.29, 0.717) is 5.56 Å². The van der Waals surface area contributed by atoms with Crippen LogP contribution in [0.5, 0.6) is 0 Å². The molecule has 1 heterocycles. The van der Waals surface area contributed by atoms with Crippen LogP contribution >= 0.6 is 0 Å². The van der Waals surface area contributed by atoms with Crippen molar-refractivity contribution in [1.82, 2.24) is 9.78 Å². The SMILES string of the molecule is Cn1nccc(CO)c1=O. The minimum Gasteiger partial charge on any atom is -0.391 e. The molecule has 0 saturated carbocycles.